The zero-order valence-electron chi connectivity index (χ0n) is 12.8. The van der Waals surface area contributed by atoms with Gasteiger partial charge in [0.1, 0.15) is 0 Å². The first-order valence-corrected chi connectivity index (χ1v) is 8.53. The van der Waals surface area contributed by atoms with E-state index in [1.807, 2.05) is 6.20 Å². The lowest BCUT2D eigenvalue weighted by molar-refractivity contribution is 0.170. The van der Waals surface area contributed by atoms with Crippen molar-refractivity contribution in [2.75, 3.05) is 18.5 Å². The van der Waals surface area contributed by atoms with E-state index in [4.69, 9.17) is 4.98 Å². The third kappa shape index (κ3) is 3.94. The lowest BCUT2D eigenvalue weighted by atomic mass is 9.82. The highest BCUT2D eigenvalue weighted by molar-refractivity contribution is 5.26. The number of hydrogen-bond donors (Lipinski definition) is 2. The van der Waals surface area contributed by atoms with E-state index in [0.717, 1.165) is 25.3 Å². The molecule has 2 fully saturated rings. The first-order valence-electron chi connectivity index (χ1n) is 8.53. The fourth-order valence-corrected chi connectivity index (χ4v) is 3.76. The first kappa shape index (κ1) is 14.8. The van der Waals surface area contributed by atoms with Crippen molar-refractivity contribution in [2.24, 2.45) is 11.8 Å². The van der Waals surface area contributed by atoms with Crippen LogP contribution >= 0.6 is 0 Å². The summed E-state index contributed by atoms with van der Waals surface area (Å²) in [7, 11) is 0. The van der Waals surface area contributed by atoms with Gasteiger partial charge in [0.2, 0.25) is 5.95 Å². The molecule has 1 heterocycles. The molecule has 1 aromatic rings. The maximum Gasteiger partial charge on any atom is 0.222 e. The molecule has 4 nitrogen and oxygen atoms in total. The Morgan fingerprint density at radius 2 is 1.76 bits per heavy atom. The Labute approximate surface area is 127 Å². The lowest BCUT2D eigenvalue weighted by Gasteiger charge is -2.27. The topological polar surface area (TPSA) is 58.0 Å². The highest BCUT2D eigenvalue weighted by atomic mass is 16.3. The van der Waals surface area contributed by atoms with Crippen molar-refractivity contribution < 1.29 is 5.11 Å². The van der Waals surface area contributed by atoms with Gasteiger partial charge in [-0.15, -0.1) is 0 Å². The summed E-state index contributed by atoms with van der Waals surface area (Å²) in [5.41, 5.74) is 1.22. The molecule has 3 rings (SSSR count). The summed E-state index contributed by atoms with van der Waals surface area (Å²) in [5.74, 6) is 2.67. The predicted octanol–water partition coefficient (Wildman–Crippen LogP) is 3.34. The third-order valence-electron chi connectivity index (χ3n) is 5.22. The van der Waals surface area contributed by atoms with Crippen LogP contribution in [0.5, 0.6) is 0 Å². The summed E-state index contributed by atoms with van der Waals surface area (Å²) >= 11 is 0. The second-order valence-corrected chi connectivity index (χ2v) is 6.74. The summed E-state index contributed by atoms with van der Waals surface area (Å²) in [5, 5.41) is 12.6. The molecule has 116 valence electrons. The lowest BCUT2D eigenvalue weighted by Crippen LogP contribution is -2.23. The van der Waals surface area contributed by atoms with Crippen LogP contribution in [-0.2, 0) is 0 Å². The minimum Gasteiger partial charge on any atom is -0.396 e. The molecule has 4 heteroatoms. The van der Waals surface area contributed by atoms with E-state index in [1.165, 1.54) is 44.2 Å². The first-order chi connectivity index (χ1) is 10.3. The molecular formula is C17H27N3O. The van der Waals surface area contributed by atoms with Crippen molar-refractivity contribution in [1.29, 1.82) is 0 Å². The van der Waals surface area contributed by atoms with E-state index in [0.29, 0.717) is 24.4 Å². The third-order valence-corrected chi connectivity index (χ3v) is 5.22. The Kier molecular flexibility index (Phi) is 5.07. The number of aromatic nitrogens is 2. The van der Waals surface area contributed by atoms with Crippen LogP contribution in [0.3, 0.4) is 0 Å². The van der Waals surface area contributed by atoms with Gasteiger partial charge in [-0.25, -0.2) is 9.97 Å². The summed E-state index contributed by atoms with van der Waals surface area (Å²) in [6, 6.07) is 2.08. The number of nitrogens with one attached hydrogen (secondary N) is 1. The standard InChI is InChI=1S/C17H27N3O/c21-12-14-7-5-13(6-8-14)11-19-17-18-10-9-16(20-17)15-3-1-2-4-15/h9-10,13-15,21H,1-8,11-12H2,(H,18,19,20). The molecule has 0 atom stereocenters. The average Bonchev–Trinajstić information content (AvgIpc) is 3.08. The second-order valence-electron chi connectivity index (χ2n) is 6.74. The molecule has 1 aromatic heterocycles. The average molecular weight is 289 g/mol. The number of rotatable bonds is 5. The Morgan fingerprint density at radius 1 is 1.05 bits per heavy atom. The molecule has 0 radical (unpaired) electrons. The van der Waals surface area contributed by atoms with Crippen molar-refractivity contribution in [2.45, 2.75) is 57.3 Å². The van der Waals surface area contributed by atoms with Gasteiger partial charge in [-0.1, -0.05) is 12.8 Å². The molecule has 0 aromatic carbocycles. The van der Waals surface area contributed by atoms with Crippen LogP contribution in [0.15, 0.2) is 12.3 Å². The minimum absolute atomic E-state index is 0.354. The summed E-state index contributed by atoms with van der Waals surface area (Å²) in [6.07, 6.45) is 11.9. The maximum atomic E-state index is 9.18. The van der Waals surface area contributed by atoms with Gasteiger partial charge in [-0.05, 0) is 56.4 Å². The van der Waals surface area contributed by atoms with Gasteiger partial charge in [-0.2, -0.15) is 0 Å². The van der Waals surface area contributed by atoms with Crippen LogP contribution < -0.4 is 5.32 Å². The van der Waals surface area contributed by atoms with E-state index in [-0.39, 0.29) is 0 Å². The highest BCUT2D eigenvalue weighted by Crippen LogP contribution is 2.33. The summed E-state index contributed by atoms with van der Waals surface area (Å²) in [4.78, 5) is 9.07. The largest absolute Gasteiger partial charge is 0.396 e. The zero-order valence-corrected chi connectivity index (χ0v) is 12.8. The normalized spacial score (nSPS) is 26.9. The van der Waals surface area contributed by atoms with E-state index < -0.39 is 0 Å². The molecule has 2 aliphatic rings. The SMILES string of the molecule is OCC1CCC(CNc2nccc(C3CCCC3)n2)CC1. The van der Waals surface area contributed by atoms with E-state index in [9.17, 15) is 5.11 Å². The van der Waals surface area contributed by atoms with Gasteiger partial charge in [-0.3, -0.25) is 0 Å². The Hall–Kier alpha value is -1.16. The van der Waals surface area contributed by atoms with Crippen LogP contribution in [0.1, 0.15) is 63.0 Å². The molecule has 2 aliphatic carbocycles. The van der Waals surface area contributed by atoms with Crippen LogP contribution in [-0.4, -0.2) is 28.2 Å². The zero-order chi connectivity index (χ0) is 14.5. The Balaban J connectivity index is 1.50. The Morgan fingerprint density at radius 3 is 2.48 bits per heavy atom. The highest BCUT2D eigenvalue weighted by Gasteiger charge is 2.21. The van der Waals surface area contributed by atoms with Crippen molar-refractivity contribution >= 4 is 5.95 Å². The van der Waals surface area contributed by atoms with Crippen LogP contribution in [0, 0.1) is 11.8 Å². The van der Waals surface area contributed by atoms with E-state index in [2.05, 4.69) is 16.4 Å². The second kappa shape index (κ2) is 7.21. The van der Waals surface area contributed by atoms with Gasteiger partial charge in [0.15, 0.2) is 0 Å². The van der Waals surface area contributed by atoms with E-state index in [1.54, 1.807) is 0 Å². The minimum atomic E-state index is 0.354. The van der Waals surface area contributed by atoms with Crippen molar-refractivity contribution in [3.8, 4) is 0 Å². The van der Waals surface area contributed by atoms with Gasteiger partial charge >= 0.3 is 0 Å². The number of anilines is 1. The van der Waals surface area contributed by atoms with Crippen LogP contribution in [0.4, 0.5) is 5.95 Å². The van der Waals surface area contributed by atoms with Gasteiger partial charge < -0.3 is 10.4 Å². The predicted molar refractivity (Wildman–Crippen MR) is 84.3 cm³/mol. The molecule has 0 unspecified atom stereocenters. The molecule has 0 saturated heterocycles. The Bertz CT molecular complexity index is 437. The van der Waals surface area contributed by atoms with Crippen LogP contribution in [0.2, 0.25) is 0 Å². The number of aliphatic hydroxyl groups excluding tert-OH is 1. The quantitative estimate of drug-likeness (QED) is 0.873. The number of nitrogens with zero attached hydrogens (tertiary/aromatic N) is 2. The number of hydrogen-bond acceptors (Lipinski definition) is 4. The van der Waals surface area contributed by atoms with Crippen molar-refractivity contribution in [3.63, 3.8) is 0 Å². The monoisotopic (exact) mass is 289 g/mol. The molecule has 0 aliphatic heterocycles. The molecule has 0 amide bonds. The maximum absolute atomic E-state index is 9.18. The molecular weight excluding hydrogens is 262 g/mol. The van der Waals surface area contributed by atoms with Gasteiger partial charge in [0.25, 0.3) is 0 Å². The van der Waals surface area contributed by atoms with E-state index >= 15 is 0 Å². The molecule has 0 bridgehead atoms. The number of aliphatic hydroxyl groups is 1. The smallest absolute Gasteiger partial charge is 0.222 e. The molecule has 2 saturated carbocycles. The summed E-state index contributed by atoms with van der Waals surface area (Å²) in [6.45, 7) is 1.32. The fourth-order valence-electron chi connectivity index (χ4n) is 3.76. The molecule has 2 N–H and O–H groups in total. The fraction of sp³-hybridized carbons (Fsp3) is 0.765. The van der Waals surface area contributed by atoms with Gasteiger partial charge in [0, 0.05) is 31.0 Å². The van der Waals surface area contributed by atoms with Crippen LogP contribution in [0.25, 0.3) is 0 Å². The molecule has 0 spiro atoms. The van der Waals surface area contributed by atoms with Crippen molar-refractivity contribution in [1.82, 2.24) is 9.97 Å². The summed E-state index contributed by atoms with van der Waals surface area (Å²) < 4.78 is 0. The van der Waals surface area contributed by atoms with Gasteiger partial charge in [0.05, 0.1) is 0 Å². The van der Waals surface area contributed by atoms with Crippen molar-refractivity contribution in [3.05, 3.63) is 18.0 Å². The molecule has 21 heavy (non-hydrogen) atoms.